The number of halogens is 1. The van der Waals surface area contributed by atoms with Crippen molar-refractivity contribution in [3.8, 4) is 0 Å². The van der Waals surface area contributed by atoms with Gasteiger partial charge in [0.05, 0.1) is 0 Å². The van der Waals surface area contributed by atoms with Crippen LogP contribution in [-0.2, 0) is 11.2 Å². The zero-order valence-electron chi connectivity index (χ0n) is 7.96. The van der Waals surface area contributed by atoms with Crippen LogP contribution in [0.1, 0.15) is 11.1 Å². The Kier molecular flexibility index (Phi) is 2.41. The molecule has 0 radical (unpaired) electrons. The van der Waals surface area contributed by atoms with Crippen molar-refractivity contribution in [1.82, 2.24) is 0 Å². The summed E-state index contributed by atoms with van der Waals surface area (Å²) >= 11 is 0. The molecule has 0 saturated heterocycles. The Bertz CT molecular complexity index is 440. The lowest BCUT2D eigenvalue weighted by Gasteiger charge is -2.03. The number of rotatable bonds is 2. The minimum absolute atomic E-state index is 0.588. The standard InChI is InChI=1S/C11H10FNO2/c12-9(11(14)15)6-8-3-1-2-7-4-5-13-10(7)8/h1-3,6,13H,4-5H2,(H,14,15)/b9-6-. The molecule has 0 aliphatic carbocycles. The van der Waals surface area contributed by atoms with E-state index in [2.05, 4.69) is 5.32 Å². The largest absolute Gasteiger partial charge is 0.476 e. The highest BCUT2D eigenvalue weighted by Crippen LogP contribution is 2.28. The fourth-order valence-corrected chi connectivity index (χ4v) is 1.68. The maximum Gasteiger partial charge on any atom is 0.364 e. The van der Waals surface area contributed by atoms with Gasteiger partial charge in [-0.3, -0.25) is 0 Å². The molecular formula is C11H10FNO2. The van der Waals surface area contributed by atoms with Crippen LogP contribution >= 0.6 is 0 Å². The lowest BCUT2D eigenvalue weighted by atomic mass is 10.1. The molecule has 1 aromatic carbocycles. The van der Waals surface area contributed by atoms with Gasteiger partial charge in [0, 0.05) is 17.8 Å². The highest BCUT2D eigenvalue weighted by Gasteiger charge is 2.14. The number of nitrogens with one attached hydrogen (secondary N) is 1. The second-order valence-corrected chi connectivity index (χ2v) is 3.36. The summed E-state index contributed by atoms with van der Waals surface area (Å²) in [6.45, 7) is 0.814. The number of carboxylic acid groups (broad SMARTS) is 1. The number of hydrogen-bond acceptors (Lipinski definition) is 2. The number of carboxylic acids is 1. The Morgan fingerprint density at radius 2 is 2.33 bits per heavy atom. The van der Waals surface area contributed by atoms with E-state index in [1.165, 1.54) is 0 Å². The Hall–Kier alpha value is -1.84. The molecule has 0 amide bonds. The first-order valence-corrected chi connectivity index (χ1v) is 4.65. The van der Waals surface area contributed by atoms with Gasteiger partial charge in [0.15, 0.2) is 0 Å². The Morgan fingerprint density at radius 1 is 1.53 bits per heavy atom. The van der Waals surface area contributed by atoms with Crippen LogP contribution in [-0.4, -0.2) is 17.6 Å². The molecule has 1 aliphatic heterocycles. The monoisotopic (exact) mass is 207 g/mol. The highest BCUT2D eigenvalue weighted by atomic mass is 19.1. The predicted octanol–water partition coefficient (Wildman–Crippen LogP) is 2.05. The van der Waals surface area contributed by atoms with Crippen LogP contribution in [0.25, 0.3) is 6.08 Å². The van der Waals surface area contributed by atoms with Gasteiger partial charge in [-0.25, -0.2) is 4.79 Å². The van der Waals surface area contributed by atoms with Gasteiger partial charge >= 0.3 is 5.97 Å². The van der Waals surface area contributed by atoms with E-state index in [4.69, 9.17) is 5.11 Å². The minimum atomic E-state index is -1.54. The van der Waals surface area contributed by atoms with Crippen molar-refractivity contribution in [3.05, 3.63) is 35.2 Å². The molecule has 0 saturated carbocycles. The first-order chi connectivity index (χ1) is 7.18. The molecule has 1 heterocycles. The van der Waals surface area contributed by atoms with E-state index in [1.807, 2.05) is 6.07 Å². The number of fused-ring (bicyclic) bond motifs is 1. The molecule has 2 N–H and O–H groups in total. The number of carbonyl (C=O) groups is 1. The molecule has 3 nitrogen and oxygen atoms in total. The quantitative estimate of drug-likeness (QED) is 0.729. The minimum Gasteiger partial charge on any atom is -0.476 e. The van der Waals surface area contributed by atoms with Gasteiger partial charge in [-0.05, 0) is 18.1 Å². The highest BCUT2D eigenvalue weighted by molar-refractivity contribution is 5.91. The van der Waals surface area contributed by atoms with Gasteiger partial charge in [0.2, 0.25) is 5.83 Å². The Morgan fingerprint density at radius 3 is 3.07 bits per heavy atom. The van der Waals surface area contributed by atoms with E-state index < -0.39 is 11.8 Å². The van der Waals surface area contributed by atoms with Crippen molar-refractivity contribution in [2.24, 2.45) is 0 Å². The lowest BCUT2D eigenvalue weighted by Crippen LogP contribution is -1.96. The summed E-state index contributed by atoms with van der Waals surface area (Å²) in [5.41, 5.74) is 2.53. The van der Waals surface area contributed by atoms with E-state index >= 15 is 0 Å². The molecule has 0 fully saturated rings. The van der Waals surface area contributed by atoms with Crippen molar-refractivity contribution in [2.45, 2.75) is 6.42 Å². The number of hydrogen-bond donors (Lipinski definition) is 2. The molecule has 0 bridgehead atoms. The average Bonchev–Trinajstić information content (AvgIpc) is 2.66. The van der Waals surface area contributed by atoms with E-state index in [0.29, 0.717) is 5.56 Å². The molecular weight excluding hydrogens is 197 g/mol. The van der Waals surface area contributed by atoms with Crippen molar-refractivity contribution in [3.63, 3.8) is 0 Å². The van der Waals surface area contributed by atoms with Crippen molar-refractivity contribution < 1.29 is 14.3 Å². The topological polar surface area (TPSA) is 49.3 Å². The summed E-state index contributed by atoms with van der Waals surface area (Å²) in [6.07, 6.45) is 1.94. The molecule has 2 rings (SSSR count). The normalized spacial score (nSPS) is 14.6. The number of aliphatic carboxylic acids is 1. The first kappa shape index (κ1) is 9.71. The maximum absolute atomic E-state index is 12.9. The van der Waals surface area contributed by atoms with Gasteiger partial charge in [-0.15, -0.1) is 0 Å². The SMILES string of the molecule is O=C(O)/C(F)=C/c1cccc2c1NCC2. The van der Waals surface area contributed by atoms with Gasteiger partial charge in [0.25, 0.3) is 0 Å². The lowest BCUT2D eigenvalue weighted by molar-refractivity contribution is -0.134. The van der Waals surface area contributed by atoms with Gasteiger partial charge in [-0.2, -0.15) is 4.39 Å². The number of para-hydroxylation sites is 1. The zero-order chi connectivity index (χ0) is 10.8. The van der Waals surface area contributed by atoms with Crippen LogP contribution in [0, 0.1) is 0 Å². The zero-order valence-corrected chi connectivity index (χ0v) is 7.96. The van der Waals surface area contributed by atoms with Crippen LogP contribution in [0.2, 0.25) is 0 Å². The third-order valence-corrected chi connectivity index (χ3v) is 2.37. The van der Waals surface area contributed by atoms with Crippen molar-refractivity contribution in [2.75, 3.05) is 11.9 Å². The van der Waals surface area contributed by atoms with Gasteiger partial charge in [0.1, 0.15) is 0 Å². The van der Waals surface area contributed by atoms with Crippen LogP contribution in [0.4, 0.5) is 10.1 Å². The van der Waals surface area contributed by atoms with Gasteiger partial charge < -0.3 is 10.4 Å². The summed E-state index contributed by atoms with van der Waals surface area (Å²) in [6, 6.07) is 5.44. The summed E-state index contributed by atoms with van der Waals surface area (Å²) in [5, 5.41) is 11.5. The van der Waals surface area contributed by atoms with Crippen molar-refractivity contribution >= 4 is 17.7 Å². The van der Waals surface area contributed by atoms with E-state index in [0.717, 1.165) is 30.3 Å². The molecule has 1 aromatic rings. The fraction of sp³-hybridized carbons (Fsp3) is 0.182. The van der Waals surface area contributed by atoms with Crippen LogP contribution in [0.15, 0.2) is 24.0 Å². The molecule has 4 heteroatoms. The summed E-state index contributed by atoms with van der Waals surface area (Å²) in [4.78, 5) is 10.3. The van der Waals surface area contributed by atoms with Gasteiger partial charge in [-0.1, -0.05) is 18.2 Å². The molecule has 1 aliphatic rings. The average molecular weight is 207 g/mol. The van der Waals surface area contributed by atoms with E-state index in [9.17, 15) is 9.18 Å². The van der Waals surface area contributed by atoms with E-state index in [-0.39, 0.29) is 0 Å². The third-order valence-electron chi connectivity index (χ3n) is 2.37. The summed E-state index contributed by atoms with van der Waals surface area (Å²) < 4.78 is 12.9. The van der Waals surface area contributed by atoms with Crippen LogP contribution in [0.5, 0.6) is 0 Å². The van der Waals surface area contributed by atoms with E-state index in [1.54, 1.807) is 12.1 Å². The smallest absolute Gasteiger partial charge is 0.364 e. The maximum atomic E-state index is 12.9. The van der Waals surface area contributed by atoms with Crippen molar-refractivity contribution in [1.29, 1.82) is 0 Å². The Balaban J connectivity index is 2.42. The molecule has 15 heavy (non-hydrogen) atoms. The molecule has 78 valence electrons. The number of benzene rings is 1. The third kappa shape index (κ3) is 1.83. The molecule has 0 aromatic heterocycles. The fourth-order valence-electron chi connectivity index (χ4n) is 1.68. The second-order valence-electron chi connectivity index (χ2n) is 3.36. The second kappa shape index (κ2) is 3.73. The first-order valence-electron chi connectivity index (χ1n) is 4.65. The van der Waals surface area contributed by atoms with Crippen LogP contribution < -0.4 is 5.32 Å². The summed E-state index contributed by atoms with van der Waals surface area (Å²) in [7, 11) is 0. The Labute approximate surface area is 86.2 Å². The summed E-state index contributed by atoms with van der Waals surface area (Å²) in [5.74, 6) is -2.68. The molecule has 0 spiro atoms. The number of anilines is 1. The predicted molar refractivity (Wildman–Crippen MR) is 55.4 cm³/mol. The molecule has 0 unspecified atom stereocenters. The van der Waals surface area contributed by atoms with Crippen LogP contribution in [0.3, 0.4) is 0 Å². The molecule has 0 atom stereocenters.